The highest BCUT2D eigenvalue weighted by atomic mass is 35.5. The van der Waals surface area contributed by atoms with E-state index in [0.717, 1.165) is 33.5 Å². The fourth-order valence-electron chi connectivity index (χ4n) is 3.97. The van der Waals surface area contributed by atoms with Crippen molar-refractivity contribution < 1.29 is 27.1 Å². The quantitative estimate of drug-likeness (QED) is 0.300. The second-order valence-corrected chi connectivity index (χ2v) is 10.6. The van der Waals surface area contributed by atoms with Crippen LogP contribution in [0.25, 0.3) is 5.69 Å². The van der Waals surface area contributed by atoms with E-state index in [0.29, 0.717) is 5.75 Å². The fraction of sp³-hybridized carbons (Fsp3) is 0.185. The summed E-state index contributed by atoms with van der Waals surface area (Å²) < 4.78 is 54.6. The van der Waals surface area contributed by atoms with Crippen LogP contribution in [0.3, 0.4) is 0 Å². The van der Waals surface area contributed by atoms with E-state index < -0.39 is 28.3 Å². The van der Waals surface area contributed by atoms with E-state index in [1.165, 1.54) is 38.5 Å². The minimum atomic E-state index is -4.33. The molecule has 0 saturated heterocycles. The number of halogens is 2. The van der Waals surface area contributed by atoms with E-state index in [1.54, 1.807) is 6.20 Å². The molecule has 9 nitrogen and oxygen atoms in total. The number of ether oxygens (including phenoxy) is 2. The molecule has 3 aromatic carbocycles. The first-order valence-corrected chi connectivity index (χ1v) is 13.5. The Kier molecular flexibility index (Phi) is 8.41. The Labute approximate surface area is 230 Å². The number of nitrogens with zero attached hydrogens (tertiary/aromatic N) is 3. The van der Waals surface area contributed by atoms with Gasteiger partial charge in [0.05, 0.1) is 35.5 Å². The van der Waals surface area contributed by atoms with Gasteiger partial charge in [-0.3, -0.25) is 9.10 Å². The van der Waals surface area contributed by atoms with Crippen molar-refractivity contribution in [3.05, 3.63) is 95.3 Å². The second-order valence-electron chi connectivity index (χ2n) is 8.38. The highest BCUT2D eigenvalue weighted by molar-refractivity contribution is 7.92. The molecule has 4 aromatic rings. The number of benzene rings is 3. The van der Waals surface area contributed by atoms with Gasteiger partial charge in [-0.25, -0.2) is 17.8 Å². The van der Waals surface area contributed by atoms with E-state index in [1.807, 2.05) is 42.0 Å². The van der Waals surface area contributed by atoms with Crippen LogP contribution < -0.4 is 19.1 Å². The van der Waals surface area contributed by atoms with Gasteiger partial charge in [0.2, 0.25) is 5.91 Å². The molecule has 39 heavy (non-hydrogen) atoms. The lowest BCUT2D eigenvalue weighted by molar-refractivity contribution is -0.119. The summed E-state index contributed by atoms with van der Waals surface area (Å²) in [6.45, 7) is 1.39. The standard InChI is InChI=1S/C27H26ClFN4O5S/c1-18-30-12-13-32(18)24-7-5-4-6-19(24)16-31-27(34)17-33(20-8-10-23(29)22(28)14-20)39(35,36)21-9-11-25(37-2)26(15-21)38-3/h4-15H,16-17H2,1-3H3,(H,31,34). The first-order valence-electron chi connectivity index (χ1n) is 11.7. The molecule has 1 aromatic heterocycles. The topological polar surface area (TPSA) is 103 Å². The molecule has 204 valence electrons. The smallest absolute Gasteiger partial charge is 0.264 e. The van der Waals surface area contributed by atoms with E-state index in [2.05, 4.69) is 10.3 Å². The molecule has 0 fully saturated rings. The van der Waals surface area contributed by atoms with Crippen LogP contribution in [0.2, 0.25) is 5.02 Å². The van der Waals surface area contributed by atoms with Crippen LogP contribution in [0, 0.1) is 12.7 Å². The Bertz CT molecular complexity index is 1610. The maximum Gasteiger partial charge on any atom is 0.264 e. The number of rotatable bonds is 10. The van der Waals surface area contributed by atoms with Gasteiger partial charge in [-0.2, -0.15) is 0 Å². The Hall–Kier alpha value is -4.09. The average Bonchev–Trinajstić information content (AvgIpc) is 3.37. The molecule has 0 bridgehead atoms. The van der Waals surface area contributed by atoms with Crippen LogP contribution in [0.15, 0.2) is 78.0 Å². The molecule has 1 heterocycles. The van der Waals surface area contributed by atoms with Gasteiger partial charge in [0, 0.05) is 25.0 Å². The molecule has 0 aliphatic carbocycles. The summed E-state index contributed by atoms with van der Waals surface area (Å²) in [7, 11) is -1.52. The normalized spacial score (nSPS) is 11.2. The zero-order chi connectivity index (χ0) is 28.2. The molecule has 0 unspecified atom stereocenters. The van der Waals surface area contributed by atoms with Crippen molar-refractivity contribution in [1.29, 1.82) is 0 Å². The van der Waals surface area contributed by atoms with Gasteiger partial charge in [-0.1, -0.05) is 29.8 Å². The van der Waals surface area contributed by atoms with Gasteiger partial charge in [-0.15, -0.1) is 0 Å². The maximum atomic E-state index is 13.9. The number of aryl methyl sites for hydroxylation is 1. The summed E-state index contributed by atoms with van der Waals surface area (Å²) in [5.74, 6) is -0.0191. The third-order valence-corrected chi connectivity index (χ3v) is 8.03. The van der Waals surface area contributed by atoms with Gasteiger partial charge in [-0.05, 0) is 48.9 Å². The van der Waals surface area contributed by atoms with Gasteiger partial charge >= 0.3 is 0 Å². The summed E-state index contributed by atoms with van der Waals surface area (Å²) in [5.41, 5.74) is 1.64. The molecule has 1 N–H and O–H groups in total. The molecule has 0 spiro atoms. The lowest BCUT2D eigenvalue weighted by atomic mass is 10.1. The summed E-state index contributed by atoms with van der Waals surface area (Å²) in [5, 5.41) is 2.49. The summed E-state index contributed by atoms with van der Waals surface area (Å²) in [6.07, 6.45) is 3.49. The number of para-hydroxylation sites is 1. The van der Waals surface area contributed by atoms with Crippen LogP contribution in [0.1, 0.15) is 11.4 Å². The molecule has 0 saturated carbocycles. The number of hydrogen-bond donors (Lipinski definition) is 1. The van der Waals surface area contributed by atoms with Gasteiger partial charge in [0.1, 0.15) is 18.2 Å². The largest absolute Gasteiger partial charge is 0.493 e. The molecule has 1 amide bonds. The molecule has 0 radical (unpaired) electrons. The molecular formula is C27H26ClFN4O5S. The molecule has 0 aliphatic rings. The first kappa shape index (κ1) is 27.9. The van der Waals surface area contributed by atoms with Crippen molar-refractivity contribution in [3.8, 4) is 17.2 Å². The van der Waals surface area contributed by atoms with Crippen LogP contribution in [-0.2, 0) is 21.4 Å². The second kappa shape index (κ2) is 11.7. The molecular weight excluding hydrogens is 547 g/mol. The third-order valence-electron chi connectivity index (χ3n) is 5.97. The van der Waals surface area contributed by atoms with E-state index in [9.17, 15) is 17.6 Å². The molecule has 4 rings (SSSR count). The number of imidazole rings is 1. The maximum absolute atomic E-state index is 13.9. The van der Waals surface area contributed by atoms with Crippen molar-refractivity contribution in [3.63, 3.8) is 0 Å². The highest BCUT2D eigenvalue weighted by Gasteiger charge is 2.29. The number of sulfonamides is 1. The fourth-order valence-corrected chi connectivity index (χ4v) is 5.57. The monoisotopic (exact) mass is 572 g/mol. The minimum Gasteiger partial charge on any atom is -0.493 e. The van der Waals surface area contributed by atoms with Crippen LogP contribution in [0.4, 0.5) is 10.1 Å². The zero-order valence-corrected chi connectivity index (χ0v) is 23.0. The Morgan fingerprint density at radius 1 is 1.08 bits per heavy atom. The predicted octanol–water partition coefficient (Wildman–Crippen LogP) is 4.50. The molecule has 12 heteroatoms. The van der Waals surface area contributed by atoms with E-state index in [4.69, 9.17) is 21.1 Å². The zero-order valence-electron chi connectivity index (χ0n) is 21.4. The van der Waals surface area contributed by atoms with Gasteiger partial charge in [0.25, 0.3) is 10.0 Å². The highest BCUT2D eigenvalue weighted by Crippen LogP contribution is 2.33. The number of methoxy groups -OCH3 is 2. The van der Waals surface area contributed by atoms with Crippen molar-refractivity contribution in [1.82, 2.24) is 14.9 Å². The SMILES string of the molecule is COc1ccc(S(=O)(=O)N(CC(=O)NCc2ccccc2-n2ccnc2C)c2ccc(F)c(Cl)c2)cc1OC. The molecule has 0 atom stereocenters. The van der Waals surface area contributed by atoms with Crippen LogP contribution >= 0.6 is 11.6 Å². The number of anilines is 1. The summed E-state index contributed by atoms with van der Waals surface area (Å²) >= 11 is 5.96. The van der Waals surface area contributed by atoms with Crippen molar-refractivity contribution in [2.45, 2.75) is 18.4 Å². The number of nitrogens with one attached hydrogen (secondary N) is 1. The van der Waals surface area contributed by atoms with Crippen LogP contribution in [0.5, 0.6) is 11.5 Å². The van der Waals surface area contributed by atoms with Crippen LogP contribution in [-0.4, -0.2) is 44.6 Å². The van der Waals surface area contributed by atoms with E-state index in [-0.39, 0.29) is 27.9 Å². The predicted molar refractivity (Wildman–Crippen MR) is 146 cm³/mol. The van der Waals surface area contributed by atoms with E-state index >= 15 is 0 Å². The Morgan fingerprint density at radius 2 is 1.82 bits per heavy atom. The van der Waals surface area contributed by atoms with Crippen molar-refractivity contribution in [2.24, 2.45) is 0 Å². The Balaban J connectivity index is 1.64. The number of amides is 1. The third kappa shape index (κ3) is 5.99. The van der Waals surface area contributed by atoms with Gasteiger partial charge in [0.15, 0.2) is 11.5 Å². The average molecular weight is 573 g/mol. The van der Waals surface area contributed by atoms with Crippen molar-refractivity contribution >= 4 is 33.2 Å². The summed E-state index contributed by atoms with van der Waals surface area (Å²) in [6, 6.07) is 14.9. The van der Waals surface area contributed by atoms with Gasteiger partial charge < -0.3 is 19.4 Å². The number of hydrogen-bond acceptors (Lipinski definition) is 6. The Morgan fingerprint density at radius 3 is 2.49 bits per heavy atom. The van der Waals surface area contributed by atoms with Crippen molar-refractivity contribution in [2.75, 3.05) is 25.1 Å². The first-order chi connectivity index (χ1) is 18.6. The number of carbonyl (C=O) groups excluding carboxylic acids is 1. The number of carbonyl (C=O) groups is 1. The minimum absolute atomic E-state index is 0.0146. The lowest BCUT2D eigenvalue weighted by Crippen LogP contribution is -2.40. The summed E-state index contributed by atoms with van der Waals surface area (Å²) in [4.78, 5) is 17.2. The lowest BCUT2D eigenvalue weighted by Gasteiger charge is -2.25. The molecule has 0 aliphatic heterocycles. The number of aromatic nitrogens is 2.